The molecular weight excluding hydrogens is 276 g/mol. The number of hydrogen-bond acceptors (Lipinski definition) is 3. The maximum Gasteiger partial charge on any atom is 0.0314 e. The van der Waals surface area contributed by atoms with Crippen LogP contribution in [0.15, 0.2) is 41.1 Å². The molecule has 4 rings (SSSR count). The number of rotatable bonds is 6. The van der Waals surface area contributed by atoms with Crippen molar-refractivity contribution in [3.63, 3.8) is 0 Å². The summed E-state index contributed by atoms with van der Waals surface area (Å²) < 4.78 is 0. The van der Waals surface area contributed by atoms with E-state index in [0.717, 1.165) is 18.3 Å². The fourth-order valence-corrected chi connectivity index (χ4v) is 3.95. The van der Waals surface area contributed by atoms with Gasteiger partial charge in [0.25, 0.3) is 0 Å². The van der Waals surface area contributed by atoms with Crippen LogP contribution in [-0.4, -0.2) is 17.5 Å². The first kappa shape index (κ1) is 13.4. The molecule has 2 nitrogen and oxygen atoms in total. The van der Waals surface area contributed by atoms with E-state index in [9.17, 15) is 0 Å². The number of nitrogens with zero attached hydrogens (tertiary/aromatic N) is 1. The van der Waals surface area contributed by atoms with E-state index in [1.165, 1.54) is 43.4 Å². The molecule has 0 saturated heterocycles. The Morgan fingerprint density at radius 2 is 1.90 bits per heavy atom. The van der Waals surface area contributed by atoms with Crippen LogP contribution in [0.25, 0.3) is 0 Å². The van der Waals surface area contributed by atoms with Crippen LogP contribution < -0.4 is 5.73 Å². The minimum atomic E-state index is 0.395. The van der Waals surface area contributed by atoms with Gasteiger partial charge in [-0.15, -0.1) is 0 Å². The minimum absolute atomic E-state index is 0.395. The lowest BCUT2D eigenvalue weighted by atomic mass is 9.94. The topological polar surface area (TPSA) is 29.3 Å². The molecular formula is C18H22N2S. The molecule has 0 unspecified atom stereocenters. The van der Waals surface area contributed by atoms with Crippen LogP contribution in [0.5, 0.6) is 0 Å². The van der Waals surface area contributed by atoms with Crippen molar-refractivity contribution in [2.75, 3.05) is 12.3 Å². The minimum Gasteiger partial charge on any atom is -0.399 e. The molecule has 2 N–H and O–H groups in total. The second-order valence-corrected chi connectivity index (χ2v) is 7.45. The van der Waals surface area contributed by atoms with Crippen molar-refractivity contribution in [3.8, 4) is 0 Å². The Balaban J connectivity index is 1.51. The molecule has 2 saturated carbocycles. The van der Waals surface area contributed by atoms with Crippen molar-refractivity contribution in [2.24, 2.45) is 0 Å². The van der Waals surface area contributed by atoms with Crippen molar-refractivity contribution in [1.82, 2.24) is 4.90 Å². The summed E-state index contributed by atoms with van der Waals surface area (Å²) in [6.07, 6.45) is 5.40. The van der Waals surface area contributed by atoms with Crippen LogP contribution in [0.3, 0.4) is 0 Å². The summed E-state index contributed by atoms with van der Waals surface area (Å²) in [5, 5.41) is 4.48. The fourth-order valence-electron chi connectivity index (χ4n) is 3.29. The molecule has 0 aliphatic heterocycles. The van der Waals surface area contributed by atoms with E-state index in [4.69, 9.17) is 5.73 Å². The van der Waals surface area contributed by atoms with E-state index in [0.29, 0.717) is 5.41 Å². The quantitative estimate of drug-likeness (QED) is 0.816. The lowest BCUT2D eigenvalue weighted by Crippen LogP contribution is -2.33. The smallest absolute Gasteiger partial charge is 0.0314 e. The van der Waals surface area contributed by atoms with E-state index in [1.807, 2.05) is 0 Å². The molecule has 0 amide bonds. The second-order valence-electron chi connectivity index (χ2n) is 6.67. The van der Waals surface area contributed by atoms with Gasteiger partial charge in [-0.05, 0) is 65.8 Å². The molecule has 0 atom stereocenters. The Labute approximate surface area is 130 Å². The monoisotopic (exact) mass is 298 g/mol. The number of hydrogen-bond donors (Lipinski definition) is 1. The predicted octanol–water partition coefficient (Wildman–Crippen LogP) is 4.03. The van der Waals surface area contributed by atoms with Crippen LogP contribution in [-0.2, 0) is 12.0 Å². The highest BCUT2D eigenvalue weighted by atomic mass is 32.1. The third-order valence-electron chi connectivity index (χ3n) is 4.91. The van der Waals surface area contributed by atoms with E-state index >= 15 is 0 Å². The van der Waals surface area contributed by atoms with Gasteiger partial charge in [0.15, 0.2) is 0 Å². The third-order valence-corrected chi connectivity index (χ3v) is 5.64. The van der Waals surface area contributed by atoms with Gasteiger partial charge in [-0.2, -0.15) is 11.3 Å². The summed E-state index contributed by atoms with van der Waals surface area (Å²) in [5.74, 6) is 0. The first-order valence-corrected chi connectivity index (χ1v) is 8.81. The summed E-state index contributed by atoms with van der Waals surface area (Å²) in [7, 11) is 0. The standard InChI is InChI=1S/C18H22N2S/c19-16-3-1-15(2-4-16)18(8-9-18)13-20(17-5-6-17)11-14-7-10-21-12-14/h1-4,7,10,12,17H,5-6,8-9,11,13,19H2. The largest absolute Gasteiger partial charge is 0.399 e. The summed E-state index contributed by atoms with van der Waals surface area (Å²) in [6, 6.07) is 11.7. The molecule has 1 heterocycles. The summed E-state index contributed by atoms with van der Waals surface area (Å²) in [4.78, 5) is 2.71. The van der Waals surface area contributed by atoms with Gasteiger partial charge in [0.1, 0.15) is 0 Å². The van der Waals surface area contributed by atoms with Crippen molar-refractivity contribution in [1.29, 1.82) is 0 Å². The van der Waals surface area contributed by atoms with Crippen molar-refractivity contribution in [2.45, 2.75) is 43.7 Å². The molecule has 1 aromatic heterocycles. The summed E-state index contributed by atoms with van der Waals surface area (Å²) in [6.45, 7) is 2.32. The van der Waals surface area contributed by atoms with Crippen LogP contribution in [0.4, 0.5) is 5.69 Å². The zero-order valence-electron chi connectivity index (χ0n) is 12.3. The Kier molecular flexibility index (Phi) is 3.27. The van der Waals surface area contributed by atoms with Crippen LogP contribution in [0.2, 0.25) is 0 Å². The highest BCUT2D eigenvalue weighted by Gasteiger charge is 2.47. The molecule has 0 radical (unpaired) electrons. The zero-order chi connectivity index (χ0) is 14.3. The van der Waals surface area contributed by atoms with Crippen molar-refractivity contribution < 1.29 is 0 Å². The maximum absolute atomic E-state index is 5.83. The molecule has 2 aromatic rings. The van der Waals surface area contributed by atoms with Gasteiger partial charge >= 0.3 is 0 Å². The summed E-state index contributed by atoms with van der Waals surface area (Å²) in [5.41, 5.74) is 10.0. The van der Waals surface area contributed by atoms with Gasteiger partial charge < -0.3 is 5.73 Å². The SMILES string of the molecule is Nc1ccc(C2(CN(Cc3ccsc3)C3CC3)CC2)cc1. The lowest BCUT2D eigenvalue weighted by Gasteiger charge is -2.27. The van der Waals surface area contributed by atoms with Gasteiger partial charge in [0.2, 0.25) is 0 Å². The molecule has 0 spiro atoms. The van der Waals surface area contributed by atoms with Crippen molar-refractivity contribution >= 4 is 17.0 Å². The van der Waals surface area contributed by atoms with Gasteiger partial charge in [0.05, 0.1) is 0 Å². The number of thiophene rings is 1. The Bertz CT molecular complexity index is 595. The molecule has 1 aromatic carbocycles. The van der Waals surface area contributed by atoms with Crippen LogP contribution in [0.1, 0.15) is 36.8 Å². The first-order valence-electron chi connectivity index (χ1n) is 7.86. The van der Waals surface area contributed by atoms with E-state index in [1.54, 1.807) is 11.3 Å². The normalized spacial score (nSPS) is 19.9. The van der Waals surface area contributed by atoms with Crippen molar-refractivity contribution in [3.05, 3.63) is 52.2 Å². The van der Waals surface area contributed by atoms with Crippen LogP contribution in [0, 0.1) is 0 Å². The molecule has 2 aliphatic rings. The van der Waals surface area contributed by atoms with E-state index in [-0.39, 0.29) is 0 Å². The fraction of sp³-hybridized carbons (Fsp3) is 0.444. The number of anilines is 1. The molecule has 2 aliphatic carbocycles. The number of benzene rings is 1. The summed E-state index contributed by atoms with van der Waals surface area (Å²) >= 11 is 1.80. The Morgan fingerprint density at radius 1 is 1.14 bits per heavy atom. The lowest BCUT2D eigenvalue weighted by molar-refractivity contribution is 0.231. The zero-order valence-corrected chi connectivity index (χ0v) is 13.1. The Hall–Kier alpha value is -1.32. The first-order chi connectivity index (χ1) is 10.3. The molecule has 0 bridgehead atoms. The highest BCUT2D eigenvalue weighted by molar-refractivity contribution is 7.07. The van der Waals surface area contributed by atoms with Gasteiger partial charge in [-0.1, -0.05) is 12.1 Å². The van der Waals surface area contributed by atoms with E-state index in [2.05, 4.69) is 46.0 Å². The molecule has 2 fully saturated rings. The molecule has 110 valence electrons. The number of nitrogen functional groups attached to an aromatic ring is 1. The van der Waals surface area contributed by atoms with Gasteiger partial charge in [-0.25, -0.2) is 0 Å². The predicted molar refractivity (Wildman–Crippen MR) is 89.5 cm³/mol. The van der Waals surface area contributed by atoms with Gasteiger partial charge in [0, 0.05) is 30.2 Å². The molecule has 21 heavy (non-hydrogen) atoms. The van der Waals surface area contributed by atoms with Gasteiger partial charge in [-0.3, -0.25) is 4.90 Å². The third kappa shape index (κ3) is 2.85. The highest BCUT2D eigenvalue weighted by Crippen LogP contribution is 2.50. The average Bonchev–Trinajstić information content (AvgIpc) is 3.40. The maximum atomic E-state index is 5.83. The molecule has 3 heteroatoms. The van der Waals surface area contributed by atoms with Crippen LogP contribution >= 0.6 is 11.3 Å². The average molecular weight is 298 g/mol. The second kappa shape index (κ2) is 5.15. The number of nitrogens with two attached hydrogens (primary N) is 1. The Morgan fingerprint density at radius 3 is 2.48 bits per heavy atom. The van der Waals surface area contributed by atoms with E-state index < -0.39 is 0 Å².